The standard InChI is InChI=1S/C20H29FN6.HI/c1-4-5-12-22-19(23-13-18-26-25-15(2)27(18)3)24-14-20(10-11-20)16-8-6-7-9-17(16)21;/h6-9H,4-5,10-14H2,1-3H3,(H2,22,23,24);1H. The predicted molar refractivity (Wildman–Crippen MR) is 121 cm³/mol. The third-order valence-electron chi connectivity index (χ3n) is 5.28. The Morgan fingerprint density at radius 2 is 2.00 bits per heavy atom. The van der Waals surface area contributed by atoms with Gasteiger partial charge >= 0.3 is 0 Å². The first-order valence-corrected chi connectivity index (χ1v) is 9.68. The lowest BCUT2D eigenvalue weighted by Gasteiger charge is -2.20. The summed E-state index contributed by atoms with van der Waals surface area (Å²) in [6, 6.07) is 7.09. The van der Waals surface area contributed by atoms with Crippen LogP contribution in [0.5, 0.6) is 0 Å². The quantitative estimate of drug-likeness (QED) is 0.252. The summed E-state index contributed by atoms with van der Waals surface area (Å²) in [4.78, 5) is 4.66. The molecule has 0 spiro atoms. The number of aryl methyl sites for hydroxylation is 1. The summed E-state index contributed by atoms with van der Waals surface area (Å²) in [5.41, 5.74) is 0.675. The van der Waals surface area contributed by atoms with E-state index in [1.807, 2.05) is 30.7 Å². The first kappa shape index (κ1) is 22.6. The van der Waals surface area contributed by atoms with Gasteiger partial charge in [0.2, 0.25) is 0 Å². The van der Waals surface area contributed by atoms with Gasteiger partial charge in [-0.2, -0.15) is 0 Å². The molecule has 28 heavy (non-hydrogen) atoms. The van der Waals surface area contributed by atoms with Crippen molar-refractivity contribution in [2.75, 3.05) is 13.1 Å². The zero-order valence-electron chi connectivity index (χ0n) is 16.8. The number of hydrogen-bond donors (Lipinski definition) is 2. The Bertz CT molecular complexity index is 800. The predicted octanol–water partition coefficient (Wildman–Crippen LogP) is 3.45. The van der Waals surface area contributed by atoms with Crippen molar-refractivity contribution in [3.05, 3.63) is 47.3 Å². The van der Waals surface area contributed by atoms with Crippen molar-refractivity contribution >= 4 is 29.9 Å². The van der Waals surface area contributed by atoms with Crippen LogP contribution in [0.15, 0.2) is 29.3 Å². The number of aliphatic imine (C=N–C) groups is 1. The average Bonchev–Trinajstić information content (AvgIpc) is 3.39. The summed E-state index contributed by atoms with van der Waals surface area (Å²) in [6.45, 7) is 6.05. The fourth-order valence-corrected chi connectivity index (χ4v) is 3.13. The van der Waals surface area contributed by atoms with E-state index in [2.05, 4.69) is 32.7 Å². The van der Waals surface area contributed by atoms with Crippen molar-refractivity contribution in [2.45, 2.75) is 51.5 Å². The van der Waals surface area contributed by atoms with Gasteiger partial charge in [0.05, 0.1) is 0 Å². The number of rotatable bonds is 8. The Morgan fingerprint density at radius 3 is 2.61 bits per heavy atom. The Morgan fingerprint density at radius 1 is 1.25 bits per heavy atom. The summed E-state index contributed by atoms with van der Waals surface area (Å²) in [5.74, 6) is 2.31. The molecule has 0 saturated heterocycles. The Labute approximate surface area is 183 Å². The van der Waals surface area contributed by atoms with Gasteiger partial charge < -0.3 is 15.2 Å². The molecule has 1 fully saturated rings. The van der Waals surface area contributed by atoms with Gasteiger partial charge in [0.1, 0.15) is 18.2 Å². The number of nitrogens with one attached hydrogen (secondary N) is 2. The van der Waals surface area contributed by atoms with E-state index in [0.717, 1.165) is 55.4 Å². The van der Waals surface area contributed by atoms with Gasteiger partial charge in [-0.15, -0.1) is 34.2 Å². The molecule has 8 heteroatoms. The Balaban J connectivity index is 0.00000280. The molecule has 0 atom stereocenters. The van der Waals surface area contributed by atoms with E-state index in [0.29, 0.717) is 13.1 Å². The molecule has 154 valence electrons. The maximum Gasteiger partial charge on any atom is 0.191 e. The fourth-order valence-electron chi connectivity index (χ4n) is 3.13. The zero-order chi connectivity index (χ0) is 19.3. The highest BCUT2D eigenvalue weighted by Gasteiger charge is 2.45. The van der Waals surface area contributed by atoms with Gasteiger partial charge in [-0.05, 0) is 37.8 Å². The van der Waals surface area contributed by atoms with Crippen LogP contribution in [0, 0.1) is 12.7 Å². The molecule has 1 aromatic heterocycles. The number of halogens is 2. The lowest BCUT2D eigenvalue weighted by molar-refractivity contribution is 0.559. The van der Waals surface area contributed by atoms with Crippen molar-refractivity contribution in [3.8, 4) is 0 Å². The molecule has 2 aromatic rings. The lowest BCUT2D eigenvalue weighted by Crippen LogP contribution is -2.42. The van der Waals surface area contributed by atoms with Crippen molar-refractivity contribution < 1.29 is 4.39 Å². The number of guanidine groups is 1. The molecule has 0 aliphatic heterocycles. The Hall–Kier alpha value is -1.71. The summed E-state index contributed by atoms with van der Waals surface area (Å²) in [7, 11) is 1.94. The first-order chi connectivity index (χ1) is 13.1. The van der Waals surface area contributed by atoms with Gasteiger partial charge in [0.25, 0.3) is 0 Å². The summed E-state index contributed by atoms with van der Waals surface area (Å²) in [5, 5.41) is 15.0. The van der Waals surface area contributed by atoms with Gasteiger partial charge in [-0.1, -0.05) is 31.5 Å². The second kappa shape index (κ2) is 10.2. The third kappa shape index (κ3) is 5.42. The van der Waals surface area contributed by atoms with Gasteiger partial charge in [-0.25, -0.2) is 9.38 Å². The third-order valence-corrected chi connectivity index (χ3v) is 5.28. The maximum absolute atomic E-state index is 14.2. The van der Waals surface area contributed by atoms with Crippen molar-refractivity contribution in [3.63, 3.8) is 0 Å². The zero-order valence-corrected chi connectivity index (χ0v) is 19.2. The van der Waals surface area contributed by atoms with E-state index < -0.39 is 0 Å². The summed E-state index contributed by atoms with van der Waals surface area (Å²) in [6.07, 6.45) is 4.17. The van der Waals surface area contributed by atoms with E-state index in [1.54, 1.807) is 12.1 Å². The van der Waals surface area contributed by atoms with Crippen LogP contribution in [0.25, 0.3) is 0 Å². The molecular formula is C20H30FIN6. The highest BCUT2D eigenvalue weighted by Crippen LogP contribution is 2.48. The van der Waals surface area contributed by atoms with E-state index in [4.69, 9.17) is 0 Å². The smallest absolute Gasteiger partial charge is 0.191 e. The molecule has 0 amide bonds. The molecule has 1 saturated carbocycles. The second-order valence-corrected chi connectivity index (χ2v) is 7.28. The molecule has 6 nitrogen and oxygen atoms in total. The molecular weight excluding hydrogens is 470 g/mol. The normalized spacial score (nSPS) is 15.1. The molecule has 0 bridgehead atoms. The van der Waals surface area contributed by atoms with Crippen LogP contribution in [0.2, 0.25) is 0 Å². The maximum atomic E-state index is 14.2. The lowest BCUT2D eigenvalue weighted by atomic mass is 9.95. The van der Waals surface area contributed by atoms with Gasteiger partial charge in [0, 0.05) is 25.6 Å². The molecule has 1 heterocycles. The molecule has 1 aliphatic rings. The largest absolute Gasteiger partial charge is 0.356 e. The van der Waals surface area contributed by atoms with Crippen LogP contribution in [-0.4, -0.2) is 33.8 Å². The number of unbranched alkanes of at least 4 members (excludes halogenated alkanes) is 1. The molecule has 0 unspecified atom stereocenters. The van der Waals surface area contributed by atoms with Crippen molar-refractivity contribution in [2.24, 2.45) is 12.0 Å². The van der Waals surface area contributed by atoms with E-state index in [9.17, 15) is 4.39 Å². The average molecular weight is 500 g/mol. The van der Waals surface area contributed by atoms with E-state index >= 15 is 0 Å². The van der Waals surface area contributed by atoms with E-state index in [1.165, 1.54) is 0 Å². The van der Waals surface area contributed by atoms with Crippen molar-refractivity contribution in [1.82, 2.24) is 25.4 Å². The van der Waals surface area contributed by atoms with Crippen LogP contribution in [-0.2, 0) is 19.0 Å². The monoisotopic (exact) mass is 500 g/mol. The summed E-state index contributed by atoms with van der Waals surface area (Å²) >= 11 is 0. The molecule has 0 radical (unpaired) electrons. The molecule has 2 N–H and O–H groups in total. The molecule has 1 aliphatic carbocycles. The minimum absolute atomic E-state index is 0. The Kier molecular flexibility index (Phi) is 8.21. The first-order valence-electron chi connectivity index (χ1n) is 9.68. The van der Waals surface area contributed by atoms with E-state index in [-0.39, 0.29) is 35.2 Å². The molecule has 3 rings (SSSR count). The van der Waals surface area contributed by atoms with Crippen molar-refractivity contribution in [1.29, 1.82) is 0 Å². The van der Waals surface area contributed by atoms with Crippen LogP contribution in [0.1, 0.15) is 49.8 Å². The van der Waals surface area contributed by atoms with Gasteiger partial charge in [-0.3, -0.25) is 0 Å². The number of aromatic nitrogens is 3. The summed E-state index contributed by atoms with van der Waals surface area (Å²) < 4.78 is 16.2. The second-order valence-electron chi connectivity index (χ2n) is 7.28. The van der Waals surface area contributed by atoms with Crippen LogP contribution in [0.3, 0.4) is 0 Å². The fraction of sp³-hybridized carbons (Fsp3) is 0.550. The minimum atomic E-state index is -0.125. The van der Waals surface area contributed by atoms with Gasteiger partial charge in [0.15, 0.2) is 11.8 Å². The molecule has 1 aromatic carbocycles. The SMILES string of the molecule is CCCCNC(=NCc1nnc(C)n1C)NCC1(c2ccccc2F)CC1.I. The van der Waals surface area contributed by atoms with Crippen LogP contribution < -0.4 is 10.6 Å². The van der Waals surface area contributed by atoms with Crippen LogP contribution >= 0.6 is 24.0 Å². The topological polar surface area (TPSA) is 67.1 Å². The number of nitrogens with zero attached hydrogens (tertiary/aromatic N) is 4. The highest BCUT2D eigenvalue weighted by atomic mass is 127. The number of benzene rings is 1. The van der Waals surface area contributed by atoms with Crippen LogP contribution in [0.4, 0.5) is 4.39 Å². The highest BCUT2D eigenvalue weighted by molar-refractivity contribution is 14.0. The minimum Gasteiger partial charge on any atom is -0.356 e. The number of hydrogen-bond acceptors (Lipinski definition) is 3.